The molecule has 0 unspecified atom stereocenters. The van der Waals surface area contributed by atoms with Gasteiger partial charge in [0, 0.05) is 13.1 Å². The highest BCUT2D eigenvalue weighted by atomic mass is 16.5. The number of aliphatic hydroxyl groups is 2. The number of nitrogens with zero attached hydrogens (tertiary/aromatic N) is 2. The molecule has 0 aromatic rings. The van der Waals surface area contributed by atoms with Crippen LogP contribution in [0.25, 0.3) is 0 Å². The molecule has 6 heteroatoms. The average molecular weight is 296 g/mol. The Kier molecular flexibility index (Phi) is 12.0. The average Bonchev–Trinajstić information content (AvgIpc) is 2.48. The maximum atomic E-state index is 11.6. The lowest BCUT2D eigenvalue weighted by Crippen LogP contribution is -2.24. The van der Waals surface area contributed by atoms with Gasteiger partial charge in [-0.1, -0.05) is 19.8 Å². The summed E-state index contributed by atoms with van der Waals surface area (Å²) in [4.78, 5) is 13.3. The lowest BCUT2D eigenvalue weighted by Gasteiger charge is -2.16. The smallest absolute Gasteiger partial charge is 0.348 e. The molecule has 0 aromatic heterocycles. The minimum absolute atomic E-state index is 0.0430. The molecule has 0 amide bonds. The SMILES string of the molecule is CCCCCOC(=O)/C(C#N)=C\C=C\N(CCO)CCO. The summed E-state index contributed by atoms with van der Waals surface area (Å²) in [6, 6.07) is 1.80. The third-order valence-electron chi connectivity index (χ3n) is 2.66. The van der Waals surface area contributed by atoms with Crippen molar-refractivity contribution in [3.05, 3.63) is 23.9 Å². The summed E-state index contributed by atoms with van der Waals surface area (Å²) >= 11 is 0. The number of hydrogen-bond acceptors (Lipinski definition) is 6. The van der Waals surface area contributed by atoms with Gasteiger partial charge < -0.3 is 19.8 Å². The molecule has 0 rings (SSSR count). The summed E-state index contributed by atoms with van der Waals surface area (Å²) < 4.78 is 4.99. The number of carbonyl (C=O) groups is 1. The maximum Gasteiger partial charge on any atom is 0.348 e. The van der Waals surface area contributed by atoms with Crippen molar-refractivity contribution in [1.82, 2.24) is 4.90 Å². The Morgan fingerprint density at radius 2 is 1.95 bits per heavy atom. The Morgan fingerprint density at radius 3 is 2.48 bits per heavy atom. The van der Waals surface area contributed by atoms with Crippen LogP contribution in [0.15, 0.2) is 23.9 Å². The molecule has 0 radical (unpaired) electrons. The van der Waals surface area contributed by atoms with E-state index in [1.54, 1.807) is 17.2 Å². The molecule has 0 atom stereocenters. The Bertz CT molecular complexity index is 380. The van der Waals surface area contributed by atoms with Crippen molar-refractivity contribution < 1.29 is 19.7 Å². The first-order chi connectivity index (χ1) is 10.2. The van der Waals surface area contributed by atoms with Gasteiger partial charge in [-0.3, -0.25) is 0 Å². The van der Waals surface area contributed by atoms with Crippen LogP contribution < -0.4 is 0 Å². The van der Waals surface area contributed by atoms with Gasteiger partial charge in [0.15, 0.2) is 0 Å². The van der Waals surface area contributed by atoms with Gasteiger partial charge in [-0.15, -0.1) is 0 Å². The fourth-order valence-electron chi connectivity index (χ4n) is 1.52. The van der Waals surface area contributed by atoms with Gasteiger partial charge in [0.25, 0.3) is 0 Å². The lowest BCUT2D eigenvalue weighted by atomic mass is 10.2. The summed E-state index contributed by atoms with van der Waals surface area (Å²) in [5.41, 5.74) is -0.0734. The van der Waals surface area contributed by atoms with Gasteiger partial charge in [-0.2, -0.15) is 5.26 Å². The molecule has 0 aliphatic carbocycles. The molecule has 0 spiro atoms. The number of rotatable bonds is 11. The predicted octanol–water partition coefficient (Wildman–Crippen LogP) is 0.970. The third-order valence-corrected chi connectivity index (χ3v) is 2.66. The highest BCUT2D eigenvalue weighted by molar-refractivity contribution is 5.93. The molecule has 0 aromatic carbocycles. The second-order valence-electron chi connectivity index (χ2n) is 4.36. The molecule has 0 bridgehead atoms. The molecule has 0 aliphatic rings. The van der Waals surface area contributed by atoms with Crippen LogP contribution in [0, 0.1) is 11.3 Å². The van der Waals surface area contributed by atoms with E-state index in [4.69, 9.17) is 20.2 Å². The molecule has 6 nitrogen and oxygen atoms in total. The number of allylic oxidation sites excluding steroid dienone is 2. The van der Waals surface area contributed by atoms with Gasteiger partial charge in [0.2, 0.25) is 0 Å². The van der Waals surface area contributed by atoms with Crippen LogP contribution in [0.5, 0.6) is 0 Å². The van der Waals surface area contributed by atoms with Crippen LogP contribution in [0.3, 0.4) is 0 Å². The molecule has 0 saturated carbocycles. The van der Waals surface area contributed by atoms with Crippen LogP contribution >= 0.6 is 0 Å². The zero-order chi connectivity index (χ0) is 15.9. The number of esters is 1. The summed E-state index contributed by atoms with van der Waals surface area (Å²) in [6.45, 7) is 3.02. The first-order valence-electron chi connectivity index (χ1n) is 7.11. The van der Waals surface area contributed by atoms with Gasteiger partial charge >= 0.3 is 5.97 Å². The van der Waals surface area contributed by atoms with Crippen LogP contribution in [0.4, 0.5) is 0 Å². The fraction of sp³-hybridized carbons (Fsp3) is 0.600. The van der Waals surface area contributed by atoms with Crippen molar-refractivity contribution in [2.45, 2.75) is 26.2 Å². The van der Waals surface area contributed by atoms with E-state index in [1.807, 2.05) is 0 Å². The Balaban J connectivity index is 4.42. The Morgan fingerprint density at radius 1 is 1.29 bits per heavy atom. The third kappa shape index (κ3) is 9.66. The molecule has 0 saturated heterocycles. The molecular weight excluding hydrogens is 272 g/mol. The van der Waals surface area contributed by atoms with E-state index in [0.717, 1.165) is 19.3 Å². The minimum atomic E-state index is -0.630. The number of unbranched alkanes of at least 4 members (excludes halogenated alkanes) is 2. The second-order valence-corrected chi connectivity index (χ2v) is 4.36. The van der Waals surface area contributed by atoms with E-state index in [1.165, 1.54) is 12.2 Å². The highest BCUT2D eigenvalue weighted by Gasteiger charge is 2.08. The largest absolute Gasteiger partial charge is 0.462 e. The maximum absolute atomic E-state index is 11.6. The number of ether oxygens (including phenoxy) is 1. The van der Waals surface area contributed by atoms with Crippen molar-refractivity contribution >= 4 is 5.97 Å². The first kappa shape index (κ1) is 19.2. The van der Waals surface area contributed by atoms with Crippen molar-refractivity contribution in [2.24, 2.45) is 0 Å². The van der Waals surface area contributed by atoms with E-state index in [9.17, 15) is 4.79 Å². The van der Waals surface area contributed by atoms with Crippen molar-refractivity contribution in [1.29, 1.82) is 5.26 Å². The van der Waals surface area contributed by atoms with E-state index in [2.05, 4.69) is 6.92 Å². The zero-order valence-corrected chi connectivity index (χ0v) is 12.5. The summed E-state index contributed by atoms with van der Waals surface area (Å²) in [5.74, 6) is -0.630. The molecule has 0 fully saturated rings. The standard InChI is InChI=1S/C15H24N2O4/c1-2-3-4-12-21-15(20)14(13-16)6-5-7-17(8-10-18)9-11-19/h5-7,18-19H,2-4,8-12H2,1H3/b7-5+,14-6-. The number of hydrogen-bond donors (Lipinski definition) is 2. The summed E-state index contributed by atoms with van der Waals surface area (Å²) in [6.07, 6.45) is 7.30. The van der Waals surface area contributed by atoms with Crippen molar-refractivity contribution in [2.75, 3.05) is 32.9 Å². The normalized spacial score (nSPS) is 11.4. The fourth-order valence-corrected chi connectivity index (χ4v) is 1.52. The predicted molar refractivity (Wildman–Crippen MR) is 79.1 cm³/mol. The van der Waals surface area contributed by atoms with Crippen LogP contribution in [0.2, 0.25) is 0 Å². The van der Waals surface area contributed by atoms with E-state index < -0.39 is 5.97 Å². The van der Waals surface area contributed by atoms with E-state index >= 15 is 0 Å². The van der Waals surface area contributed by atoms with Crippen LogP contribution in [0.1, 0.15) is 26.2 Å². The molecule has 21 heavy (non-hydrogen) atoms. The Labute approximate surface area is 125 Å². The van der Waals surface area contributed by atoms with E-state index in [0.29, 0.717) is 19.7 Å². The van der Waals surface area contributed by atoms with Crippen LogP contribution in [-0.2, 0) is 9.53 Å². The minimum Gasteiger partial charge on any atom is -0.462 e. The van der Waals surface area contributed by atoms with Crippen molar-refractivity contribution in [3.63, 3.8) is 0 Å². The second kappa shape index (κ2) is 13.2. The highest BCUT2D eigenvalue weighted by Crippen LogP contribution is 2.01. The first-order valence-corrected chi connectivity index (χ1v) is 7.11. The van der Waals surface area contributed by atoms with Crippen LogP contribution in [-0.4, -0.2) is 54.0 Å². The Hall–Kier alpha value is -1.84. The van der Waals surface area contributed by atoms with Gasteiger partial charge in [-0.05, 0) is 24.8 Å². The number of aliphatic hydroxyl groups excluding tert-OH is 2. The van der Waals surface area contributed by atoms with Gasteiger partial charge in [0.05, 0.1) is 19.8 Å². The summed E-state index contributed by atoms with van der Waals surface area (Å²) in [5, 5.41) is 26.6. The lowest BCUT2D eigenvalue weighted by molar-refractivity contribution is -0.138. The number of nitriles is 1. The topological polar surface area (TPSA) is 93.8 Å². The van der Waals surface area contributed by atoms with Gasteiger partial charge in [0.1, 0.15) is 11.6 Å². The molecule has 118 valence electrons. The monoisotopic (exact) mass is 296 g/mol. The van der Waals surface area contributed by atoms with Gasteiger partial charge in [-0.25, -0.2) is 4.79 Å². The van der Waals surface area contributed by atoms with Crippen molar-refractivity contribution in [3.8, 4) is 6.07 Å². The summed E-state index contributed by atoms with van der Waals surface area (Å²) in [7, 11) is 0. The molecular formula is C15H24N2O4. The molecule has 0 aliphatic heterocycles. The molecule has 2 N–H and O–H groups in total. The van der Waals surface area contributed by atoms with E-state index in [-0.39, 0.29) is 18.8 Å². The quantitative estimate of drug-likeness (QED) is 0.194. The zero-order valence-electron chi connectivity index (χ0n) is 12.5. The molecule has 0 heterocycles. The number of carbonyl (C=O) groups excluding carboxylic acids is 1.